The van der Waals surface area contributed by atoms with Crippen LogP contribution in [-0.4, -0.2) is 47.7 Å². The number of likely N-dealkylation sites (tertiary alicyclic amines) is 1. The highest BCUT2D eigenvalue weighted by Gasteiger charge is 2.30. The molecule has 1 aromatic heterocycles. The Kier molecular flexibility index (Phi) is 5.47. The third-order valence-electron chi connectivity index (χ3n) is 3.50. The molecule has 1 fully saturated rings. The van der Waals surface area contributed by atoms with Crippen LogP contribution in [0.2, 0.25) is 0 Å². The number of nitrogens with two attached hydrogens (primary N) is 1. The predicted octanol–water partition coefficient (Wildman–Crippen LogP) is 1.04. The molecule has 0 radical (unpaired) electrons. The zero-order valence-electron chi connectivity index (χ0n) is 12.7. The van der Waals surface area contributed by atoms with E-state index >= 15 is 0 Å². The van der Waals surface area contributed by atoms with Crippen LogP contribution in [0.25, 0.3) is 0 Å². The quantitative estimate of drug-likeness (QED) is 0.832. The van der Waals surface area contributed by atoms with Crippen LogP contribution in [0.1, 0.15) is 12.0 Å². The molecule has 24 heavy (non-hydrogen) atoms. The number of rotatable bonds is 5. The van der Waals surface area contributed by atoms with Gasteiger partial charge in [-0.15, -0.1) is 0 Å². The van der Waals surface area contributed by atoms with Gasteiger partial charge in [0, 0.05) is 31.9 Å². The van der Waals surface area contributed by atoms with Crippen LogP contribution < -0.4 is 15.8 Å². The van der Waals surface area contributed by atoms with E-state index in [9.17, 15) is 22.8 Å². The molecule has 0 spiro atoms. The van der Waals surface area contributed by atoms with Crippen LogP contribution in [0.4, 0.5) is 18.0 Å². The van der Waals surface area contributed by atoms with Gasteiger partial charge in [0.2, 0.25) is 11.8 Å². The zero-order chi connectivity index (χ0) is 17.7. The lowest BCUT2D eigenvalue weighted by molar-refractivity contribution is -0.154. The monoisotopic (exact) mass is 346 g/mol. The molecule has 1 aliphatic rings. The number of primary amides is 1. The summed E-state index contributed by atoms with van der Waals surface area (Å²) in [6, 6.07) is 2.51. The number of amides is 3. The molecule has 10 heteroatoms. The molecule has 1 saturated heterocycles. The summed E-state index contributed by atoms with van der Waals surface area (Å²) in [4.78, 5) is 28.2. The first-order chi connectivity index (χ1) is 11.2. The topological polar surface area (TPSA) is 97.6 Å². The SMILES string of the molecule is NC(=O)[C@@H]1CCN(C(=O)NCc2ccnc(OCC(F)(F)F)c2)C1. The summed E-state index contributed by atoms with van der Waals surface area (Å²) < 4.78 is 40.9. The Hall–Kier alpha value is -2.52. The number of urea groups is 1. The van der Waals surface area contributed by atoms with Gasteiger partial charge in [-0.25, -0.2) is 9.78 Å². The number of carbonyl (C=O) groups is 2. The summed E-state index contributed by atoms with van der Waals surface area (Å²) in [6.45, 7) is -0.646. The standard InChI is InChI=1S/C14H17F3N4O3/c15-14(16,17)8-24-11-5-9(1-3-19-11)6-20-13(23)21-4-2-10(7-21)12(18)22/h1,3,5,10H,2,4,6-8H2,(H2,18,22)(H,20,23)/t10-/m1/s1. The van der Waals surface area contributed by atoms with Crippen molar-refractivity contribution in [1.29, 1.82) is 0 Å². The van der Waals surface area contributed by atoms with Crippen LogP contribution in [0.5, 0.6) is 5.88 Å². The molecular weight excluding hydrogens is 329 g/mol. The second-order valence-electron chi connectivity index (χ2n) is 5.40. The molecule has 1 aromatic rings. The summed E-state index contributed by atoms with van der Waals surface area (Å²) in [6.07, 6.45) is -2.63. The lowest BCUT2D eigenvalue weighted by Gasteiger charge is -2.17. The minimum Gasteiger partial charge on any atom is -0.468 e. The van der Waals surface area contributed by atoms with E-state index in [1.54, 1.807) is 6.07 Å². The fourth-order valence-corrected chi connectivity index (χ4v) is 2.26. The van der Waals surface area contributed by atoms with E-state index < -0.39 is 18.7 Å². The first-order valence-electron chi connectivity index (χ1n) is 7.21. The number of nitrogens with zero attached hydrogens (tertiary/aromatic N) is 2. The molecule has 0 unspecified atom stereocenters. The zero-order valence-corrected chi connectivity index (χ0v) is 12.7. The number of alkyl halides is 3. The molecule has 2 rings (SSSR count). The van der Waals surface area contributed by atoms with Gasteiger partial charge in [0.15, 0.2) is 6.61 Å². The van der Waals surface area contributed by atoms with Crippen molar-refractivity contribution in [2.75, 3.05) is 19.7 Å². The van der Waals surface area contributed by atoms with E-state index in [-0.39, 0.29) is 30.9 Å². The minimum atomic E-state index is -4.45. The van der Waals surface area contributed by atoms with Crippen molar-refractivity contribution in [3.8, 4) is 5.88 Å². The molecule has 3 N–H and O–H groups in total. The normalized spacial score (nSPS) is 17.6. The van der Waals surface area contributed by atoms with Crippen molar-refractivity contribution in [2.45, 2.75) is 19.1 Å². The maximum absolute atomic E-state index is 12.1. The van der Waals surface area contributed by atoms with E-state index in [2.05, 4.69) is 15.0 Å². The van der Waals surface area contributed by atoms with Crippen molar-refractivity contribution < 1.29 is 27.5 Å². The summed E-state index contributed by atoms with van der Waals surface area (Å²) in [7, 11) is 0. The molecule has 2 heterocycles. The van der Waals surface area contributed by atoms with Gasteiger partial charge in [0.25, 0.3) is 0 Å². The van der Waals surface area contributed by atoms with Gasteiger partial charge in [-0.05, 0) is 18.1 Å². The largest absolute Gasteiger partial charge is 0.468 e. The van der Waals surface area contributed by atoms with Gasteiger partial charge >= 0.3 is 12.2 Å². The Labute approximate surface area is 136 Å². The van der Waals surface area contributed by atoms with E-state index in [4.69, 9.17) is 5.73 Å². The maximum Gasteiger partial charge on any atom is 0.422 e. The van der Waals surface area contributed by atoms with Crippen LogP contribution in [0.15, 0.2) is 18.3 Å². The number of hydrogen-bond acceptors (Lipinski definition) is 4. The molecule has 7 nitrogen and oxygen atoms in total. The molecule has 0 aromatic carbocycles. The third kappa shape index (κ3) is 5.28. The van der Waals surface area contributed by atoms with Crippen molar-refractivity contribution in [3.05, 3.63) is 23.9 Å². The number of halogens is 3. The second kappa shape index (κ2) is 7.37. The Balaban J connectivity index is 1.84. The van der Waals surface area contributed by atoms with E-state index in [1.807, 2.05) is 0 Å². The average molecular weight is 346 g/mol. The lowest BCUT2D eigenvalue weighted by atomic mass is 10.1. The number of pyridine rings is 1. The van der Waals surface area contributed by atoms with Gasteiger partial charge < -0.3 is 20.7 Å². The third-order valence-corrected chi connectivity index (χ3v) is 3.50. The number of ether oxygens (including phenoxy) is 1. The minimum absolute atomic E-state index is 0.0987. The highest BCUT2D eigenvalue weighted by Crippen LogP contribution is 2.18. The molecule has 1 atom stereocenters. The Morgan fingerprint density at radius 1 is 1.46 bits per heavy atom. The van der Waals surface area contributed by atoms with Crippen molar-refractivity contribution in [3.63, 3.8) is 0 Å². The van der Waals surface area contributed by atoms with Gasteiger partial charge in [0.1, 0.15) is 0 Å². The Morgan fingerprint density at radius 3 is 2.83 bits per heavy atom. The smallest absolute Gasteiger partial charge is 0.422 e. The van der Waals surface area contributed by atoms with Crippen molar-refractivity contribution >= 4 is 11.9 Å². The first-order valence-corrected chi connectivity index (χ1v) is 7.21. The molecule has 0 aliphatic carbocycles. The Bertz CT molecular complexity index is 609. The Morgan fingerprint density at radius 2 is 2.21 bits per heavy atom. The number of carbonyl (C=O) groups excluding carboxylic acids is 2. The van der Waals surface area contributed by atoms with E-state index in [0.717, 1.165) is 0 Å². The highest BCUT2D eigenvalue weighted by atomic mass is 19.4. The predicted molar refractivity (Wildman–Crippen MR) is 76.9 cm³/mol. The summed E-state index contributed by atoms with van der Waals surface area (Å²) in [5.74, 6) is -0.959. The molecule has 3 amide bonds. The molecule has 1 aliphatic heterocycles. The summed E-state index contributed by atoms with van der Waals surface area (Å²) in [5.41, 5.74) is 5.75. The number of hydrogen-bond donors (Lipinski definition) is 2. The molecule has 0 saturated carbocycles. The van der Waals surface area contributed by atoms with Gasteiger partial charge in [-0.2, -0.15) is 13.2 Å². The number of nitrogens with one attached hydrogen (secondary N) is 1. The van der Waals surface area contributed by atoms with Gasteiger partial charge in [-0.1, -0.05) is 0 Å². The number of aromatic nitrogens is 1. The van der Waals surface area contributed by atoms with Gasteiger partial charge in [-0.3, -0.25) is 4.79 Å². The fraction of sp³-hybridized carbons (Fsp3) is 0.500. The van der Waals surface area contributed by atoms with Crippen molar-refractivity contribution in [2.24, 2.45) is 11.7 Å². The second-order valence-corrected chi connectivity index (χ2v) is 5.40. The van der Waals surface area contributed by atoms with Crippen LogP contribution in [0.3, 0.4) is 0 Å². The van der Waals surface area contributed by atoms with E-state index in [0.29, 0.717) is 18.5 Å². The van der Waals surface area contributed by atoms with E-state index in [1.165, 1.54) is 17.2 Å². The average Bonchev–Trinajstić information content (AvgIpc) is 3.01. The van der Waals surface area contributed by atoms with Crippen LogP contribution in [-0.2, 0) is 11.3 Å². The lowest BCUT2D eigenvalue weighted by Crippen LogP contribution is -2.39. The van der Waals surface area contributed by atoms with Gasteiger partial charge in [0.05, 0.1) is 5.92 Å². The molecule has 0 bridgehead atoms. The first kappa shape index (κ1) is 17.8. The highest BCUT2D eigenvalue weighted by molar-refractivity contribution is 5.80. The van der Waals surface area contributed by atoms with Crippen LogP contribution >= 0.6 is 0 Å². The summed E-state index contributed by atoms with van der Waals surface area (Å²) in [5, 5.41) is 2.63. The maximum atomic E-state index is 12.1. The fourth-order valence-electron chi connectivity index (χ4n) is 2.26. The van der Waals surface area contributed by atoms with Crippen LogP contribution in [0, 0.1) is 5.92 Å². The van der Waals surface area contributed by atoms with Crippen molar-refractivity contribution in [1.82, 2.24) is 15.2 Å². The molecule has 132 valence electrons. The molecular formula is C14H17F3N4O3. The summed E-state index contributed by atoms with van der Waals surface area (Å²) >= 11 is 0.